The van der Waals surface area contributed by atoms with Gasteiger partial charge < -0.3 is 10.3 Å². The zero-order valence-corrected chi connectivity index (χ0v) is 15.8. The second-order valence-electron chi connectivity index (χ2n) is 6.80. The molecule has 0 aliphatic carbocycles. The highest BCUT2D eigenvalue weighted by Crippen LogP contribution is 2.37. The van der Waals surface area contributed by atoms with Gasteiger partial charge in [0.25, 0.3) is 0 Å². The predicted molar refractivity (Wildman–Crippen MR) is 102 cm³/mol. The van der Waals surface area contributed by atoms with E-state index in [1.54, 1.807) is 6.92 Å². The van der Waals surface area contributed by atoms with Gasteiger partial charge in [-0.05, 0) is 31.9 Å². The Kier molecular flexibility index (Phi) is 6.60. The van der Waals surface area contributed by atoms with Crippen LogP contribution in [0.1, 0.15) is 41.3 Å². The molecule has 2 aromatic carbocycles. The third-order valence-corrected chi connectivity index (χ3v) is 4.84. The molecule has 2 N–H and O–H groups in total. The molecule has 5 heteroatoms. The van der Waals surface area contributed by atoms with Crippen molar-refractivity contribution in [2.24, 2.45) is 0 Å². The Morgan fingerprint density at radius 1 is 0.840 bits per heavy atom. The van der Waals surface area contributed by atoms with Gasteiger partial charge in [0.15, 0.2) is 0 Å². The smallest absolute Gasteiger partial charge is 0.105 e. The van der Waals surface area contributed by atoms with Crippen LogP contribution < -0.4 is 0 Å². The molecule has 1 fully saturated rings. The number of aliphatic hydroxyl groups is 1. The number of hydrogen-bond acceptors (Lipinski definition) is 4. The molecule has 25 heavy (non-hydrogen) atoms. The summed E-state index contributed by atoms with van der Waals surface area (Å²) in [6, 6.07) is 16.5. The Hall–Kier alpha value is -1.43. The number of hydrogen-bond donors (Lipinski definition) is 2. The molecule has 1 heterocycles. The number of benzene rings is 2. The Labute approximate surface area is 156 Å². The second kappa shape index (κ2) is 8.30. The first-order valence-corrected chi connectivity index (χ1v) is 8.48. The van der Waals surface area contributed by atoms with E-state index in [4.69, 9.17) is 0 Å². The van der Waals surface area contributed by atoms with E-state index in [2.05, 4.69) is 67.3 Å². The largest absolute Gasteiger partial charge is 0.379 e. The molecule has 2 aromatic rings. The van der Waals surface area contributed by atoms with Crippen molar-refractivity contribution >= 4 is 12.4 Å². The summed E-state index contributed by atoms with van der Waals surface area (Å²) in [6.07, 6.45) is -0.601. The van der Waals surface area contributed by atoms with E-state index in [1.165, 1.54) is 16.2 Å². The molecule has 3 atom stereocenters. The molecule has 0 amide bonds. The molecule has 136 valence electrons. The highest BCUT2D eigenvalue weighted by atomic mass is 35.5. The highest BCUT2D eigenvalue weighted by molar-refractivity contribution is 5.85. The third kappa shape index (κ3) is 4.40. The molecule has 0 aromatic heterocycles. The lowest BCUT2D eigenvalue weighted by Crippen LogP contribution is -2.52. The van der Waals surface area contributed by atoms with Crippen LogP contribution in [0, 0.1) is 13.8 Å². The average molecular weight is 363 g/mol. The first kappa shape index (κ1) is 19.9. The monoisotopic (exact) mass is 362 g/mol. The van der Waals surface area contributed by atoms with Crippen molar-refractivity contribution in [1.29, 1.82) is 0 Å². The molecular weight excluding hydrogens is 336 g/mol. The van der Waals surface area contributed by atoms with Crippen LogP contribution in [0.5, 0.6) is 0 Å². The fraction of sp³-hybridized carbons (Fsp3) is 0.400. The van der Waals surface area contributed by atoms with Crippen LogP contribution in [0.25, 0.3) is 0 Å². The van der Waals surface area contributed by atoms with E-state index >= 15 is 0 Å². The van der Waals surface area contributed by atoms with E-state index in [-0.39, 0.29) is 24.5 Å². The Morgan fingerprint density at radius 3 is 1.52 bits per heavy atom. The number of piperazine rings is 1. The van der Waals surface area contributed by atoms with Gasteiger partial charge in [-0.25, -0.2) is 0 Å². The molecule has 0 bridgehead atoms. The maximum Gasteiger partial charge on any atom is 0.105 e. The minimum atomic E-state index is -0.601. The maximum absolute atomic E-state index is 10.5. The van der Waals surface area contributed by atoms with Crippen LogP contribution in [0.4, 0.5) is 0 Å². The summed E-state index contributed by atoms with van der Waals surface area (Å²) in [7, 11) is 0. The molecule has 0 saturated carbocycles. The van der Waals surface area contributed by atoms with Gasteiger partial charge in [-0.15, -0.1) is 12.4 Å². The van der Waals surface area contributed by atoms with Gasteiger partial charge in [-0.2, -0.15) is 5.06 Å². The molecule has 1 aliphatic rings. The molecular formula is C20H27ClN2O2. The van der Waals surface area contributed by atoms with Crippen LogP contribution in [-0.4, -0.2) is 39.6 Å². The lowest BCUT2D eigenvalue weighted by Gasteiger charge is -2.46. The summed E-state index contributed by atoms with van der Waals surface area (Å²) in [5.74, 6) is 0. The SMILES string of the molecule is Cc1ccc(C2CN(O)CC(c3ccc(C)cc3)N2C(C)O)cc1.Cl. The molecule has 1 saturated heterocycles. The molecule has 0 radical (unpaired) electrons. The lowest BCUT2D eigenvalue weighted by molar-refractivity contribution is -0.182. The summed E-state index contributed by atoms with van der Waals surface area (Å²) in [4.78, 5) is 2.10. The number of aliphatic hydroxyl groups excluding tert-OH is 1. The Morgan fingerprint density at radius 2 is 1.20 bits per heavy atom. The molecule has 3 rings (SSSR count). The molecule has 1 aliphatic heterocycles. The summed E-state index contributed by atoms with van der Waals surface area (Å²) in [5, 5.41) is 22.1. The van der Waals surface area contributed by atoms with Crippen molar-refractivity contribution in [1.82, 2.24) is 9.96 Å². The fourth-order valence-electron chi connectivity index (χ4n) is 3.53. The van der Waals surface area contributed by atoms with Crippen LogP contribution in [0.2, 0.25) is 0 Å². The van der Waals surface area contributed by atoms with E-state index in [9.17, 15) is 10.3 Å². The Balaban J connectivity index is 0.00000225. The fourth-order valence-corrected chi connectivity index (χ4v) is 3.53. The van der Waals surface area contributed by atoms with Gasteiger partial charge in [0.2, 0.25) is 0 Å². The van der Waals surface area contributed by atoms with Crippen molar-refractivity contribution in [3.05, 3.63) is 70.8 Å². The van der Waals surface area contributed by atoms with Crippen molar-refractivity contribution in [3.63, 3.8) is 0 Å². The van der Waals surface area contributed by atoms with Gasteiger partial charge in [0, 0.05) is 13.1 Å². The second-order valence-corrected chi connectivity index (χ2v) is 6.80. The average Bonchev–Trinajstić information content (AvgIpc) is 2.55. The third-order valence-electron chi connectivity index (χ3n) is 4.84. The van der Waals surface area contributed by atoms with Crippen molar-refractivity contribution in [2.45, 2.75) is 39.1 Å². The molecule has 4 nitrogen and oxygen atoms in total. The quantitative estimate of drug-likeness (QED) is 0.870. The minimum absolute atomic E-state index is 0. The number of rotatable bonds is 3. The first-order valence-electron chi connectivity index (χ1n) is 8.48. The predicted octanol–water partition coefficient (Wildman–Crippen LogP) is 3.85. The zero-order chi connectivity index (χ0) is 17.3. The van der Waals surface area contributed by atoms with Gasteiger partial charge in [-0.1, -0.05) is 59.7 Å². The number of nitrogens with zero attached hydrogens (tertiary/aromatic N) is 2. The van der Waals surface area contributed by atoms with E-state index in [0.717, 1.165) is 11.1 Å². The van der Waals surface area contributed by atoms with Crippen molar-refractivity contribution in [3.8, 4) is 0 Å². The van der Waals surface area contributed by atoms with Crippen molar-refractivity contribution in [2.75, 3.05) is 13.1 Å². The first-order chi connectivity index (χ1) is 11.5. The standard InChI is InChI=1S/C20H26N2O2.ClH/c1-14-4-8-17(9-5-14)19-12-21(24)13-20(22(19)16(3)23)18-10-6-15(2)7-11-18;/h4-11,16,19-20,23-24H,12-13H2,1-3H3;1H. The van der Waals surface area contributed by atoms with Gasteiger partial charge in [0.05, 0.1) is 12.1 Å². The number of aryl methyl sites for hydroxylation is 2. The van der Waals surface area contributed by atoms with E-state index in [0.29, 0.717) is 13.1 Å². The van der Waals surface area contributed by atoms with E-state index in [1.807, 2.05) is 0 Å². The van der Waals surface area contributed by atoms with Crippen molar-refractivity contribution < 1.29 is 10.3 Å². The van der Waals surface area contributed by atoms with Crippen LogP contribution in [0.15, 0.2) is 48.5 Å². The zero-order valence-electron chi connectivity index (χ0n) is 15.0. The lowest BCUT2D eigenvalue weighted by atomic mass is 9.94. The Bertz CT molecular complexity index is 618. The van der Waals surface area contributed by atoms with Gasteiger partial charge in [0.1, 0.15) is 6.23 Å². The normalized spacial score (nSPS) is 23.1. The summed E-state index contributed by atoms with van der Waals surface area (Å²) in [5.41, 5.74) is 4.62. The number of halogens is 1. The summed E-state index contributed by atoms with van der Waals surface area (Å²) < 4.78 is 0. The van der Waals surface area contributed by atoms with Gasteiger partial charge >= 0.3 is 0 Å². The van der Waals surface area contributed by atoms with Crippen LogP contribution >= 0.6 is 12.4 Å². The molecule has 0 spiro atoms. The molecule has 3 unspecified atom stereocenters. The highest BCUT2D eigenvalue weighted by Gasteiger charge is 2.38. The maximum atomic E-state index is 10.5. The minimum Gasteiger partial charge on any atom is -0.379 e. The van der Waals surface area contributed by atoms with Gasteiger partial charge in [-0.3, -0.25) is 4.90 Å². The van der Waals surface area contributed by atoms with Crippen LogP contribution in [0.3, 0.4) is 0 Å². The number of hydroxylamine groups is 2. The topological polar surface area (TPSA) is 46.9 Å². The summed E-state index contributed by atoms with van der Waals surface area (Å²) in [6.45, 7) is 6.89. The summed E-state index contributed by atoms with van der Waals surface area (Å²) >= 11 is 0. The van der Waals surface area contributed by atoms with Crippen LogP contribution in [-0.2, 0) is 0 Å². The van der Waals surface area contributed by atoms with E-state index < -0.39 is 6.23 Å².